The lowest BCUT2D eigenvalue weighted by Crippen LogP contribution is -2.63. The van der Waals surface area contributed by atoms with Crippen LogP contribution >= 0.6 is 0 Å². The Hall–Kier alpha value is -0.650. The van der Waals surface area contributed by atoms with Crippen LogP contribution in [0.15, 0.2) is 0 Å². The van der Waals surface area contributed by atoms with Crippen molar-refractivity contribution >= 4 is 5.97 Å². The van der Waals surface area contributed by atoms with Gasteiger partial charge in [0.25, 0.3) is 0 Å². The average molecular weight is 300 g/mol. The lowest BCUT2D eigenvalue weighted by Gasteiger charge is -2.43. The molecular formula is C16H32N2O3. The Labute approximate surface area is 129 Å². The zero-order valence-electron chi connectivity index (χ0n) is 14.4. The van der Waals surface area contributed by atoms with E-state index in [1.54, 1.807) is 0 Å². The number of rotatable bonds is 7. The first-order valence-corrected chi connectivity index (χ1v) is 8.13. The van der Waals surface area contributed by atoms with Crippen molar-refractivity contribution in [1.29, 1.82) is 0 Å². The molecule has 124 valence electrons. The van der Waals surface area contributed by atoms with E-state index >= 15 is 0 Å². The third kappa shape index (κ3) is 5.24. The standard InChI is InChI=1S/C16H32N2O3/c1-7-14-10-21-13(5)9-18(14)11-16(6,17-12(3)4)15(19)20-8-2/h12-14,17H,7-11H2,1-6H3. The first-order valence-electron chi connectivity index (χ1n) is 8.13. The number of hydrogen-bond donors (Lipinski definition) is 1. The Morgan fingerprint density at radius 1 is 1.48 bits per heavy atom. The van der Waals surface area contributed by atoms with Crippen molar-refractivity contribution in [2.45, 2.75) is 71.7 Å². The summed E-state index contributed by atoms with van der Waals surface area (Å²) in [5, 5.41) is 3.39. The molecule has 0 radical (unpaired) electrons. The summed E-state index contributed by atoms with van der Waals surface area (Å²) in [4.78, 5) is 14.8. The van der Waals surface area contributed by atoms with Crippen LogP contribution in [0, 0.1) is 0 Å². The number of ether oxygens (including phenoxy) is 2. The summed E-state index contributed by atoms with van der Waals surface area (Å²) in [6.07, 6.45) is 1.23. The van der Waals surface area contributed by atoms with Crippen molar-refractivity contribution in [3.05, 3.63) is 0 Å². The van der Waals surface area contributed by atoms with Crippen molar-refractivity contribution < 1.29 is 14.3 Å². The van der Waals surface area contributed by atoms with E-state index in [-0.39, 0.29) is 18.1 Å². The number of carbonyl (C=O) groups excluding carboxylic acids is 1. The van der Waals surface area contributed by atoms with E-state index in [9.17, 15) is 4.79 Å². The fourth-order valence-electron chi connectivity index (χ4n) is 2.99. The summed E-state index contributed by atoms with van der Waals surface area (Å²) in [7, 11) is 0. The van der Waals surface area contributed by atoms with Crippen LogP contribution in [0.5, 0.6) is 0 Å². The SMILES string of the molecule is CCOC(=O)C(C)(CN1CC(C)OCC1CC)NC(C)C. The zero-order valence-corrected chi connectivity index (χ0v) is 14.4. The maximum Gasteiger partial charge on any atom is 0.327 e. The molecule has 0 aromatic heterocycles. The van der Waals surface area contributed by atoms with Crippen LogP contribution in [0.2, 0.25) is 0 Å². The van der Waals surface area contributed by atoms with Crippen molar-refractivity contribution in [3.8, 4) is 0 Å². The van der Waals surface area contributed by atoms with Crippen molar-refractivity contribution in [3.63, 3.8) is 0 Å². The van der Waals surface area contributed by atoms with Gasteiger partial charge in [0, 0.05) is 25.2 Å². The van der Waals surface area contributed by atoms with Crippen LogP contribution in [-0.4, -0.2) is 60.9 Å². The van der Waals surface area contributed by atoms with Crippen LogP contribution < -0.4 is 5.32 Å². The highest BCUT2D eigenvalue weighted by Gasteiger charge is 2.39. The van der Waals surface area contributed by atoms with Gasteiger partial charge in [0.1, 0.15) is 5.54 Å². The number of carbonyl (C=O) groups is 1. The molecular weight excluding hydrogens is 268 g/mol. The van der Waals surface area contributed by atoms with E-state index in [0.29, 0.717) is 19.2 Å². The summed E-state index contributed by atoms with van der Waals surface area (Å²) in [6.45, 7) is 14.8. The van der Waals surface area contributed by atoms with Crippen molar-refractivity contribution in [2.24, 2.45) is 0 Å². The number of esters is 1. The van der Waals surface area contributed by atoms with Gasteiger partial charge in [-0.3, -0.25) is 15.0 Å². The monoisotopic (exact) mass is 300 g/mol. The van der Waals surface area contributed by atoms with Gasteiger partial charge in [0.2, 0.25) is 0 Å². The second-order valence-corrected chi connectivity index (χ2v) is 6.49. The minimum absolute atomic E-state index is 0.173. The summed E-state index contributed by atoms with van der Waals surface area (Å²) in [5.41, 5.74) is -0.686. The average Bonchev–Trinajstić information content (AvgIpc) is 2.38. The van der Waals surface area contributed by atoms with Crippen molar-refractivity contribution in [1.82, 2.24) is 10.2 Å². The third-order valence-electron chi connectivity index (χ3n) is 3.90. The summed E-state index contributed by atoms with van der Waals surface area (Å²) in [6, 6.07) is 0.585. The Bertz CT molecular complexity index is 335. The summed E-state index contributed by atoms with van der Waals surface area (Å²) in [5.74, 6) is -0.173. The van der Waals surface area contributed by atoms with E-state index in [1.807, 2.05) is 13.8 Å². The predicted molar refractivity (Wildman–Crippen MR) is 84.4 cm³/mol. The van der Waals surface area contributed by atoms with Crippen molar-refractivity contribution in [2.75, 3.05) is 26.3 Å². The molecule has 3 atom stereocenters. The van der Waals surface area contributed by atoms with Gasteiger partial charge >= 0.3 is 5.97 Å². The van der Waals surface area contributed by atoms with Gasteiger partial charge in [-0.1, -0.05) is 6.92 Å². The molecule has 1 fully saturated rings. The molecule has 1 N–H and O–H groups in total. The summed E-state index contributed by atoms with van der Waals surface area (Å²) < 4.78 is 11.0. The molecule has 5 nitrogen and oxygen atoms in total. The molecule has 0 spiro atoms. The zero-order chi connectivity index (χ0) is 16.0. The molecule has 0 saturated carbocycles. The minimum Gasteiger partial charge on any atom is -0.465 e. The maximum atomic E-state index is 12.4. The molecule has 1 aliphatic heterocycles. The van der Waals surface area contributed by atoms with E-state index in [0.717, 1.165) is 19.6 Å². The number of nitrogens with one attached hydrogen (secondary N) is 1. The molecule has 1 aliphatic rings. The van der Waals surface area contributed by atoms with Crippen LogP contribution in [0.1, 0.15) is 48.0 Å². The van der Waals surface area contributed by atoms with Gasteiger partial charge < -0.3 is 9.47 Å². The van der Waals surface area contributed by atoms with E-state index in [4.69, 9.17) is 9.47 Å². The second kappa shape index (κ2) is 8.11. The highest BCUT2D eigenvalue weighted by Crippen LogP contribution is 2.19. The molecule has 0 amide bonds. The highest BCUT2D eigenvalue weighted by molar-refractivity contribution is 5.80. The molecule has 1 heterocycles. The van der Waals surface area contributed by atoms with Crippen LogP contribution in [0.3, 0.4) is 0 Å². The summed E-state index contributed by atoms with van der Waals surface area (Å²) >= 11 is 0. The van der Waals surface area contributed by atoms with Gasteiger partial charge in [-0.25, -0.2) is 0 Å². The Kier molecular flexibility index (Phi) is 7.10. The lowest BCUT2D eigenvalue weighted by molar-refractivity contribution is -0.153. The first-order chi connectivity index (χ1) is 9.82. The van der Waals surface area contributed by atoms with Gasteiger partial charge in [-0.2, -0.15) is 0 Å². The number of nitrogens with zero attached hydrogens (tertiary/aromatic N) is 1. The van der Waals surface area contributed by atoms with Gasteiger partial charge in [-0.05, 0) is 41.0 Å². The number of hydrogen-bond acceptors (Lipinski definition) is 5. The minimum atomic E-state index is -0.686. The molecule has 0 aromatic carbocycles. The maximum absolute atomic E-state index is 12.4. The van der Waals surface area contributed by atoms with E-state index in [1.165, 1.54) is 0 Å². The topological polar surface area (TPSA) is 50.8 Å². The lowest BCUT2D eigenvalue weighted by atomic mass is 9.98. The van der Waals surface area contributed by atoms with Crippen LogP contribution in [0.25, 0.3) is 0 Å². The van der Waals surface area contributed by atoms with Crippen LogP contribution in [-0.2, 0) is 14.3 Å². The molecule has 5 heteroatoms. The van der Waals surface area contributed by atoms with Gasteiger partial charge in [0.05, 0.1) is 19.3 Å². The van der Waals surface area contributed by atoms with Gasteiger partial charge in [-0.15, -0.1) is 0 Å². The third-order valence-corrected chi connectivity index (χ3v) is 3.90. The fourth-order valence-corrected chi connectivity index (χ4v) is 2.99. The predicted octanol–water partition coefficient (Wildman–Crippen LogP) is 1.81. The van der Waals surface area contributed by atoms with E-state index in [2.05, 4.69) is 37.9 Å². The Morgan fingerprint density at radius 2 is 2.14 bits per heavy atom. The first kappa shape index (κ1) is 18.4. The molecule has 1 saturated heterocycles. The largest absolute Gasteiger partial charge is 0.465 e. The Morgan fingerprint density at radius 3 is 2.67 bits per heavy atom. The molecule has 0 aliphatic carbocycles. The fraction of sp³-hybridized carbons (Fsp3) is 0.938. The van der Waals surface area contributed by atoms with Crippen LogP contribution in [0.4, 0.5) is 0 Å². The molecule has 1 rings (SSSR count). The number of morpholine rings is 1. The molecule has 21 heavy (non-hydrogen) atoms. The molecule has 0 bridgehead atoms. The van der Waals surface area contributed by atoms with E-state index < -0.39 is 5.54 Å². The molecule has 0 aromatic rings. The van der Waals surface area contributed by atoms with Gasteiger partial charge in [0.15, 0.2) is 0 Å². The highest BCUT2D eigenvalue weighted by atomic mass is 16.5. The molecule has 3 unspecified atom stereocenters. The quantitative estimate of drug-likeness (QED) is 0.727. The smallest absolute Gasteiger partial charge is 0.327 e. The second-order valence-electron chi connectivity index (χ2n) is 6.49. The normalized spacial score (nSPS) is 26.6. The Balaban J connectivity index is 2.85.